The second-order valence-corrected chi connectivity index (χ2v) is 19.5. The van der Waals surface area contributed by atoms with E-state index in [1.54, 1.807) is 0 Å². The Morgan fingerprint density at radius 2 is 0.364 bits per heavy atom. The quantitative estimate of drug-likeness (QED) is 0.0199. The van der Waals surface area contributed by atoms with E-state index in [4.69, 9.17) is 22.9 Å². The van der Waals surface area contributed by atoms with E-state index < -0.39 is 0 Å². The van der Waals surface area contributed by atoms with Crippen LogP contribution in [0.25, 0.3) is 0 Å². The summed E-state index contributed by atoms with van der Waals surface area (Å²) in [7, 11) is 5.93. The van der Waals surface area contributed by atoms with Crippen molar-refractivity contribution in [2.24, 2.45) is 22.9 Å². The van der Waals surface area contributed by atoms with Gasteiger partial charge in [0.25, 0.3) is 0 Å². The van der Waals surface area contributed by atoms with Crippen LogP contribution in [0.1, 0.15) is 0 Å². The zero-order valence-electron chi connectivity index (χ0n) is 50.0. The van der Waals surface area contributed by atoms with Crippen molar-refractivity contribution in [2.75, 3.05) is 335 Å². The molecule has 0 amide bonds. The van der Waals surface area contributed by atoms with Crippen LogP contribution in [0.3, 0.4) is 0 Å². The van der Waals surface area contributed by atoms with Gasteiger partial charge in [-0.05, 0) is 21.1 Å². The summed E-state index contributed by atoms with van der Waals surface area (Å²) in [4.78, 5) is 12.6. The van der Waals surface area contributed by atoms with Crippen molar-refractivity contribution in [1.82, 2.24) is 115 Å². The van der Waals surface area contributed by atoms with Gasteiger partial charge < -0.3 is 103 Å². The number of hydrogen-bond donors (Lipinski definition) is 21. The van der Waals surface area contributed by atoms with Crippen LogP contribution in [0.15, 0.2) is 0 Å². The minimum absolute atomic E-state index is 0.665. The molecule has 26 heteroatoms. The normalized spacial score (nSPS) is 12.2. The van der Waals surface area contributed by atoms with Crippen molar-refractivity contribution < 1.29 is 0 Å². The van der Waals surface area contributed by atoms with Gasteiger partial charge in [-0.3, -0.25) is 35.4 Å². The smallest absolute Gasteiger partial charge is 0.0228 e. The zero-order valence-corrected chi connectivity index (χ0v) is 50.0. The number of likely N-dealkylation sites (N-methyl/N-ethyl adjacent to an activating group) is 2. The summed E-state index contributed by atoms with van der Waals surface area (Å²) in [6.07, 6.45) is 0. The zero-order chi connectivity index (χ0) is 55.8. The predicted molar refractivity (Wildman–Crippen MR) is 331 cm³/mol. The maximum atomic E-state index is 5.75. The molecule has 26 nitrogen and oxygen atoms in total. The van der Waals surface area contributed by atoms with Gasteiger partial charge in [-0.25, -0.2) is 0 Å². The molecule has 25 N–H and O–H groups in total. The Morgan fingerprint density at radius 3 is 0.545 bits per heavy atom. The summed E-state index contributed by atoms with van der Waals surface area (Å²) >= 11 is 0. The Morgan fingerprint density at radius 1 is 0.195 bits per heavy atom. The van der Waals surface area contributed by atoms with Crippen LogP contribution in [-0.2, 0) is 0 Å². The molecule has 0 aliphatic rings. The maximum absolute atomic E-state index is 5.75. The molecule has 0 saturated heterocycles. The van der Waals surface area contributed by atoms with E-state index in [1.165, 1.54) is 0 Å². The van der Waals surface area contributed by atoms with Crippen molar-refractivity contribution in [1.29, 1.82) is 0 Å². The monoisotopic (exact) mass is 1110 g/mol. The largest absolute Gasteiger partial charge is 0.329 e. The standard InChI is InChI=1S/C51H130N26/c1-56-12-13-63-27-43-74(39-24-60-9-5-53)44-29-65-16-18-69-33-48-76(47-32-68-15-14-64-28-42-73(37-22-57-2)38-23-59-8-4-52)49-34-70-19-17-66-30-45-75(40-25-61-10-6-54)46-31-67-20-21-71-35-50-77(51-36-72-58-3)41-26-62-11-7-55/h56-72H,4-55H2,1-3H3. The molecule has 0 radical (unpaired) electrons. The van der Waals surface area contributed by atoms with E-state index in [9.17, 15) is 0 Å². The van der Waals surface area contributed by atoms with Gasteiger partial charge >= 0.3 is 0 Å². The van der Waals surface area contributed by atoms with Gasteiger partial charge in [-0.15, -0.1) is 0 Å². The molecule has 0 saturated carbocycles. The lowest BCUT2D eigenvalue weighted by atomic mass is 10.4. The first kappa shape index (κ1) is 76.0. The summed E-state index contributed by atoms with van der Waals surface area (Å²) in [6.45, 7) is 45.8. The third-order valence-electron chi connectivity index (χ3n) is 13.0. The molecule has 0 spiro atoms. The summed E-state index contributed by atoms with van der Waals surface area (Å²) in [5, 5.41) is 53.2. The van der Waals surface area contributed by atoms with Crippen LogP contribution in [0.5, 0.6) is 0 Å². The van der Waals surface area contributed by atoms with Crippen LogP contribution in [0.4, 0.5) is 0 Å². The summed E-state index contributed by atoms with van der Waals surface area (Å²) in [5.41, 5.74) is 29.0. The van der Waals surface area contributed by atoms with Gasteiger partial charge in [0.2, 0.25) is 0 Å². The number of nitrogens with zero attached hydrogens (tertiary/aromatic N) is 5. The first-order valence-electron chi connectivity index (χ1n) is 30.4. The van der Waals surface area contributed by atoms with E-state index in [1.807, 2.05) is 21.1 Å². The van der Waals surface area contributed by atoms with Crippen molar-refractivity contribution in [3.8, 4) is 0 Å². The molecule has 0 aromatic carbocycles. The number of nitrogens with two attached hydrogens (primary N) is 4. The molecule has 0 aromatic rings. The minimum atomic E-state index is 0.665. The summed E-state index contributed by atoms with van der Waals surface area (Å²) < 4.78 is 0. The minimum Gasteiger partial charge on any atom is -0.329 e. The van der Waals surface area contributed by atoms with Crippen LogP contribution >= 0.6 is 0 Å². The molecule has 0 fully saturated rings. The van der Waals surface area contributed by atoms with Crippen molar-refractivity contribution in [3.05, 3.63) is 0 Å². The van der Waals surface area contributed by atoms with Crippen LogP contribution < -0.4 is 114 Å². The second-order valence-electron chi connectivity index (χ2n) is 19.5. The molecule has 0 aromatic heterocycles. The highest BCUT2D eigenvalue weighted by atomic mass is 15.3. The van der Waals surface area contributed by atoms with Crippen molar-refractivity contribution >= 4 is 0 Å². The van der Waals surface area contributed by atoms with Gasteiger partial charge in [0.1, 0.15) is 0 Å². The lowest BCUT2D eigenvalue weighted by Gasteiger charge is -2.24. The average molecular weight is 1110 g/mol. The third kappa shape index (κ3) is 58.0. The molecule has 0 aliphatic carbocycles. The highest BCUT2D eigenvalue weighted by Gasteiger charge is 2.09. The maximum Gasteiger partial charge on any atom is 0.0228 e. The Kier molecular flexibility index (Phi) is 64.9. The lowest BCUT2D eigenvalue weighted by molar-refractivity contribution is 0.265. The first-order valence-corrected chi connectivity index (χ1v) is 30.4. The number of rotatable bonds is 69. The molecule has 0 atom stereocenters. The van der Waals surface area contributed by atoms with Gasteiger partial charge in [-0.2, -0.15) is 0 Å². The topological polar surface area (TPSA) is 325 Å². The fraction of sp³-hybridized carbons (Fsp3) is 1.00. The van der Waals surface area contributed by atoms with E-state index in [2.05, 4.69) is 115 Å². The average Bonchev–Trinajstić information content (AvgIpc) is 3.44. The first-order chi connectivity index (χ1) is 38.1. The Balaban J connectivity index is 4.79. The summed E-state index contributed by atoms with van der Waals surface area (Å²) in [5.74, 6) is 0. The van der Waals surface area contributed by atoms with Crippen molar-refractivity contribution in [2.45, 2.75) is 0 Å². The molecule has 0 bridgehead atoms. The molecule has 464 valence electrons. The second kappa shape index (κ2) is 65.8. The Hall–Kier alpha value is -1.04. The van der Waals surface area contributed by atoms with E-state index in [0.717, 1.165) is 288 Å². The SMILES string of the molecule is CNCCNCCN(CCNCCN)CCNCCNCCN(CCNCCNCCN(CCNC)CCNCCN)CCNCCNCCN(CCNCCN)CCNCCNCCN(CCNCCN)CCNNC. The molecule has 0 rings (SSSR count). The highest BCUT2D eigenvalue weighted by Crippen LogP contribution is 1.91. The van der Waals surface area contributed by atoms with Gasteiger partial charge in [-0.1, -0.05) is 0 Å². The molecule has 0 unspecified atom stereocenters. The fourth-order valence-corrected chi connectivity index (χ4v) is 8.32. The van der Waals surface area contributed by atoms with Crippen LogP contribution in [0, 0.1) is 0 Å². The number of hydrogen-bond acceptors (Lipinski definition) is 26. The van der Waals surface area contributed by atoms with Gasteiger partial charge in [0, 0.05) is 314 Å². The fourth-order valence-electron chi connectivity index (χ4n) is 8.32. The highest BCUT2D eigenvalue weighted by molar-refractivity contribution is 4.71. The molecule has 0 aliphatic heterocycles. The van der Waals surface area contributed by atoms with Crippen LogP contribution in [0.2, 0.25) is 0 Å². The molecular formula is C51H130N26. The van der Waals surface area contributed by atoms with Crippen molar-refractivity contribution in [3.63, 3.8) is 0 Å². The molecule has 0 heterocycles. The van der Waals surface area contributed by atoms with E-state index in [-0.39, 0.29) is 0 Å². The van der Waals surface area contributed by atoms with E-state index in [0.29, 0.717) is 26.2 Å². The van der Waals surface area contributed by atoms with Crippen LogP contribution in [-0.4, -0.2) is 360 Å². The Labute approximate surface area is 471 Å². The Bertz CT molecular complexity index is 1080. The molecular weight excluding hydrogens is 977 g/mol. The summed E-state index contributed by atoms with van der Waals surface area (Å²) in [6, 6.07) is 0. The number of nitrogens with one attached hydrogen (secondary N) is 17. The van der Waals surface area contributed by atoms with Gasteiger partial charge in [0.05, 0.1) is 0 Å². The molecule has 77 heavy (non-hydrogen) atoms. The predicted octanol–water partition coefficient (Wildman–Crippen LogP) is -9.84. The van der Waals surface area contributed by atoms with E-state index >= 15 is 0 Å². The van der Waals surface area contributed by atoms with Gasteiger partial charge in [0.15, 0.2) is 0 Å². The lowest BCUT2D eigenvalue weighted by Crippen LogP contribution is -2.44. The number of hydrazine groups is 1. The third-order valence-corrected chi connectivity index (χ3v) is 13.0.